The van der Waals surface area contributed by atoms with E-state index >= 15 is 0 Å². The van der Waals surface area contributed by atoms with E-state index in [-0.39, 0.29) is 18.1 Å². The van der Waals surface area contributed by atoms with Gasteiger partial charge in [0.2, 0.25) is 5.91 Å². The van der Waals surface area contributed by atoms with Crippen LogP contribution in [0.5, 0.6) is 0 Å². The molecule has 1 heterocycles. The molecule has 1 amide bonds. The average Bonchev–Trinajstić information content (AvgIpc) is 2.35. The summed E-state index contributed by atoms with van der Waals surface area (Å²) < 4.78 is 12.3. The molecule has 1 aromatic rings. The summed E-state index contributed by atoms with van der Waals surface area (Å²) in [6.07, 6.45) is 0.573. The van der Waals surface area contributed by atoms with Crippen molar-refractivity contribution in [2.24, 2.45) is 0 Å². The van der Waals surface area contributed by atoms with Crippen LogP contribution >= 0.6 is 0 Å². The van der Waals surface area contributed by atoms with Crippen LogP contribution in [0.3, 0.4) is 0 Å². The van der Waals surface area contributed by atoms with Crippen LogP contribution in [0.4, 0.5) is 4.39 Å². The highest BCUT2D eigenvalue weighted by atomic mass is 19.1. The Morgan fingerprint density at radius 2 is 2.22 bits per heavy atom. The molecule has 2 rings (SSSR count). The number of alkyl halides is 1. The second kappa shape index (κ2) is 5.21. The molecule has 96 valence electrons. The van der Waals surface area contributed by atoms with Crippen LogP contribution in [0.2, 0.25) is 0 Å². The Hall–Kier alpha value is -1.84. The molecule has 18 heavy (non-hydrogen) atoms. The lowest BCUT2D eigenvalue weighted by molar-refractivity contribution is -0.134. The number of fused-ring (bicyclic) bond motifs is 1. The van der Waals surface area contributed by atoms with Crippen LogP contribution in [0, 0.1) is 0 Å². The van der Waals surface area contributed by atoms with Gasteiger partial charge in [-0.3, -0.25) is 9.18 Å². The highest BCUT2D eigenvalue weighted by Crippen LogP contribution is 2.33. The van der Waals surface area contributed by atoms with Gasteiger partial charge in [-0.25, -0.2) is 0 Å². The normalized spacial score (nSPS) is 18.6. The monoisotopic (exact) mass is 249 g/mol. The van der Waals surface area contributed by atoms with Crippen LogP contribution in [-0.4, -0.2) is 29.1 Å². The van der Waals surface area contributed by atoms with Crippen molar-refractivity contribution in [1.29, 1.82) is 0 Å². The minimum atomic E-state index is -0.547. The number of carbonyl (C=O) groups is 1. The van der Waals surface area contributed by atoms with Crippen molar-refractivity contribution in [1.82, 2.24) is 4.90 Å². The van der Waals surface area contributed by atoms with Crippen LogP contribution in [-0.2, 0) is 11.2 Å². The minimum Gasteiger partial charge on any atom is -0.510 e. The molecule has 1 aromatic carbocycles. The predicted molar refractivity (Wildman–Crippen MR) is 67.0 cm³/mol. The Morgan fingerprint density at radius 1 is 1.50 bits per heavy atom. The number of aliphatic hydroxyl groups is 1. The van der Waals surface area contributed by atoms with Crippen molar-refractivity contribution in [3.05, 3.63) is 47.7 Å². The van der Waals surface area contributed by atoms with Gasteiger partial charge in [0.1, 0.15) is 11.8 Å². The average molecular weight is 249 g/mol. The van der Waals surface area contributed by atoms with Crippen molar-refractivity contribution in [3.8, 4) is 0 Å². The first-order chi connectivity index (χ1) is 8.65. The molecule has 0 bridgehead atoms. The molecule has 0 fully saturated rings. The van der Waals surface area contributed by atoms with Gasteiger partial charge in [0, 0.05) is 6.54 Å². The van der Waals surface area contributed by atoms with Crippen molar-refractivity contribution in [2.75, 3.05) is 13.2 Å². The zero-order valence-corrected chi connectivity index (χ0v) is 10.1. The Labute approximate surface area is 106 Å². The molecule has 1 unspecified atom stereocenters. The molecule has 1 N–H and O–H groups in total. The van der Waals surface area contributed by atoms with Gasteiger partial charge in [-0.15, -0.1) is 0 Å². The summed E-state index contributed by atoms with van der Waals surface area (Å²) >= 11 is 0. The summed E-state index contributed by atoms with van der Waals surface area (Å²) in [5.74, 6) is -0.170. The lowest BCUT2D eigenvalue weighted by Gasteiger charge is -2.36. The Morgan fingerprint density at radius 3 is 2.89 bits per heavy atom. The number of amides is 1. The fourth-order valence-electron chi connectivity index (χ4n) is 2.38. The lowest BCUT2D eigenvalue weighted by atomic mass is 9.91. The van der Waals surface area contributed by atoms with Gasteiger partial charge < -0.3 is 10.0 Å². The van der Waals surface area contributed by atoms with E-state index in [4.69, 9.17) is 0 Å². The predicted octanol–water partition coefficient (Wildman–Crippen LogP) is 2.54. The summed E-state index contributed by atoms with van der Waals surface area (Å²) in [7, 11) is 0. The second-order valence-electron chi connectivity index (χ2n) is 4.40. The fourth-order valence-corrected chi connectivity index (χ4v) is 2.38. The molecule has 3 nitrogen and oxygen atoms in total. The number of hydrogen-bond acceptors (Lipinski definition) is 2. The molecular weight excluding hydrogens is 233 g/mol. The first-order valence-electron chi connectivity index (χ1n) is 5.96. The maximum Gasteiger partial charge on any atom is 0.227 e. The number of nitrogens with zero attached hydrogens (tertiary/aromatic N) is 1. The molecule has 0 saturated carbocycles. The van der Waals surface area contributed by atoms with E-state index in [2.05, 4.69) is 6.58 Å². The number of hydrogen-bond donors (Lipinski definition) is 1. The fraction of sp³-hybridized carbons (Fsp3) is 0.357. The third-order valence-electron chi connectivity index (χ3n) is 3.17. The van der Waals surface area contributed by atoms with Crippen LogP contribution in [0.15, 0.2) is 36.6 Å². The molecule has 0 aromatic heterocycles. The molecule has 0 aliphatic carbocycles. The number of benzene rings is 1. The van der Waals surface area contributed by atoms with Gasteiger partial charge in [0.25, 0.3) is 0 Å². The van der Waals surface area contributed by atoms with Crippen LogP contribution < -0.4 is 0 Å². The van der Waals surface area contributed by atoms with Crippen molar-refractivity contribution in [2.45, 2.75) is 18.9 Å². The van der Waals surface area contributed by atoms with E-state index in [0.29, 0.717) is 13.0 Å². The molecule has 0 saturated heterocycles. The van der Waals surface area contributed by atoms with E-state index in [1.807, 2.05) is 24.3 Å². The number of rotatable bonds is 4. The van der Waals surface area contributed by atoms with E-state index in [1.54, 1.807) is 0 Å². The number of carbonyl (C=O) groups excluding carboxylic acids is 1. The molecule has 4 heteroatoms. The first-order valence-corrected chi connectivity index (χ1v) is 5.96. The largest absolute Gasteiger partial charge is 0.510 e. The highest BCUT2D eigenvalue weighted by molar-refractivity contribution is 5.82. The Balaban J connectivity index is 2.37. The lowest BCUT2D eigenvalue weighted by Crippen LogP contribution is -2.41. The van der Waals surface area contributed by atoms with E-state index in [9.17, 15) is 14.3 Å². The number of aliphatic hydroxyl groups excluding tert-OH is 1. The summed E-state index contributed by atoms with van der Waals surface area (Å²) in [5, 5.41) is 9.73. The zero-order chi connectivity index (χ0) is 13.1. The van der Waals surface area contributed by atoms with Gasteiger partial charge in [-0.1, -0.05) is 30.8 Å². The van der Waals surface area contributed by atoms with E-state index < -0.39 is 12.7 Å². The van der Waals surface area contributed by atoms with E-state index in [0.717, 1.165) is 11.1 Å². The van der Waals surface area contributed by atoms with Crippen molar-refractivity contribution >= 4 is 5.91 Å². The molecule has 0 radical (unpaired) electrons. The molecule has 1 aliphatic heterocycles. The van der Waals surface area contributed by atoms with E-state index in [1.165, 1.54) is 4.90 Å². The smallest absolute Gasteiger partial charge is 0.227 e. The summed E-state index contributed by atoms with van der Waals surface area (Å²) in [6, 6.07) is 6.92. The molecular formula is C14H16FNO2. The zero-order valence-electron chi connectivity index (χ0n) is 10.1. The van der Waals surface area contributed by atoms with Crippen LogP contribution in [0.1, 0.15) is 23.6 Å². The highest BCUT2D eigenvalue weighted by Gasteiger charge is 2.33. The van der Waals surface area contributed by atoms with Gasteiger partial charge in [-0.2, -0.15) is 0 Å². The van der Waals surface area contributed by atoms with Crippen LogP contribution in [0.25, 0.3) is 0 Å². The first kappa shape index (κ1) is 12.6. The Kier molecular flexibility index (Phi) is 3.65. The summed E-state index contributed by atoms with van der Waals surface area (Å²) in [6.45, 7) is 3.36. The maximum absolute atomic E-state index is 12.3. The van der Waals surface area contributed by atoms with Gasteiger partial charge >= 0.3 is 0 Å². The summed E-state index contributed by atoms with van der Waals surface area (Å²) in [5.41, 5.74) is 1.78. The third kappa shape index (κ3) is 2.23. The van der Waals surface area contributed by atoms with Gasteiger partial charge in [0.05, 0.1) is 13.1 Å². The Bertz CT molecular complexity index is 473. The maximum atomic E-state index is 12.3. The van der Waals surface area contributed by atoms with Crippen molar-refractivity contribution < 1.29 is 14.3 Å². The van der Waals surface area contributed by atoms with Crippen molar-refractivity contribution in [3.63, 3.8) is 0 Å². The quantitative estimate of drug-likeness (QED) is 0.833. The topological polar surface area (TPSA) is 40.5 Å². The summed E-state index contributed by atoms with van der Waals surface area (Å²) in [4.78, 5) is 13.5. The van der Waals surface area contributed by atoms with Gasteiger partial charge in [0.15, 0.2) is 0 Å². The second-order valence-corrected chi connectivity index (χ2v) is 4.40. The molecule has 1 aliphatic rings. The third-order valence-corrected chi connectivity index (χ3v) is 3.17. The SMILES string of the molecule is C=C(O)C1c2ccccc2CC(=O)N1CCCF. The standard InChI is InChI=1S/C14H16FNO2/c1-10(17)14-12-6-3-2-5-11(12)9-13(18)16(14)8-4-7-15/h2-3,5-6,14,17H,1,4,7-9H2. The number of halogens is 1. The minimum absolute atomic E-state index is 0.0747. The molecule has 1 atom stereocenters. The molecule has 0 spiro atoms. The van der Waals surface area contributed by atoms with Gasteiger partial charge in [-0.05, 0) is 17.5 Å².